The number of hydrogen-bond donors (Lipinski definition) is 4. The van der Waals surface area contributed by atoms with Gasteiger partial charge in [0.15, 0.2) is 11.6 Å². The van der Waals surface area contributed by atoms with Gasteiger partial charge in [0.2, 0.25) is 0 Å². The minimum absolute atomic E-state index is 0.327. The lowest BCUT2D eigenvalue weighted by Gasteiger charge is -2.26. The lowest BCUT2D eigenvalue weighted by molar-refractivity contribution is -0.156. The molecule has 0 aliphatic heterocycles. The van der Waals surface area contributed by atoms with Crippen LogP contribution >= 0.6 is 0 Å². The molecule has 0 rings (SSSR count). The summed E-state index contributed by atoms with van der Waals surface area (Å²) in [6, 6.07) is 0. The Morgan fingerprint density at radius 2 is 0.966 bits per heavy atom. The average molecular weight is 419 g/mol. The van der Waals surface area contributed by atoms with Crippen LogP contribution in [0, 0.1) is 11.8 Å². The maximum Gasteiger partial charge on any atom is 0.192 e. The fraction of sp³-hybridized carbons (Fsp3) is 0.909. The van der Waals surface area contributed by atoms with E-state index in [2.05, 4.69) is 27.7 Å². The van der Waals surface area contributed by atoms with Crippen LogP contribution in [0.5, 0.6) is 0 Å². The molecule has 0 spiro atoms. The van der Waals surface area contributed by atoms with Crippen LogP contribution in [-0.4, -0.2) is 69.6 Å². The minimum atomic E-state index is -1.57. The molecule has 0 bridgehead atoms. The summed E-state index contributed by atoms with van der Waals surface area (Å²) in [6.07, 6.45) is 0.569. The van der Waals surface area contributed by atoms with Crippen molar-refractivity contribution in [3.8, 4) is 0 Å². The molecule has 0 aromatic heterocycles. The van der Waals surface area contributed by atoms with Crippen molar-refractivity contribution >= 4 is 11.6 Å². The molecule has 0 radical (unpaired) electrons. The molecule has 4 N–H and O–H groups in total. The van der Waals surface area contributed by atoms with E-state index in [0.717, 1.165) is 25.7 Å². The monoisotopic (exact) mass is 418 g/mol. The van der Waals surface area contributed by atoms with E-state index in [9.17, 15) is 19.8 Å². The van der Waals surface area contributed by atoms with Gasteiger partial charge in [-0.15, -0.1) is 0 Å². The molecule has 4 unspecified atom stereocenters. The molecule has 0 heterocycles. The van der Waals surface area contributed by atoms with Crippen LogP contribution in [0.1, 0.15) is 79.1 Å². The normalized spacial score (nSPS) is 16.1. The summed E-state index contributed by atoms with van der Waals surface area (Å²) in [6.45, 7) is 7.01. The molecule has 29 heavy (non-hydrogen) atoms. The Hall–Kier alpha value is -0.860. The standard InChI is InChI=1S/C22H42O7/c1-15(2)9-5-7-11-19(21(27)17(25)13-23)29-20(22(28)18(26)14-24)12-8-6-10-16(3)4/h15-20,23-26H,5-14H2,1-4H3. The summed E-state index contributed by atoms with van der Waals surface area (Å²) in [7, 11) is 0. The van der Waals surface area contributed by atoms with Crippen molar-refractivity contribution in [3.63, 3.8) is 0 Å². The zero-order valence-electron chi connectivity index (χ0n) is 18.5. The number of ketones is 2. The Balaban J connectivity index is 5.14. The molecule has 0 amide bonds. The molecule has 172 valence electrons. The highest BCUT2D eigenvalue weighted by molar-refractivity contribution is 5.89. The van der Waals surface area contributed by atoms with Gasteiger partial charge in [0, 0.05) is 0 Å². The van der Waals surface area contributed by atoms with Gasteiger partial charge in [0.25, 0.3) is 0 Å². The maximum absolute atomic E-state index is 12.5. The van der Waals surface area contributed by atoms with E-state index >= 15 is 0 Å². The van der Waals surface area contributed by atoms with Crippen LogP contribution in [-0.2, 0) is 14.3 Å². The number of ether oxygens (including phenoxy) is 1. The van der Waals surface area contributed by atoms with Crippen molar-refractivity contribution < 1.29 is 34.8 Å². The van der Waals surface area contributed by atoms with Gasteiger partial charge in [0.05, 0.1) is 13.2 Å². The first-order valence-electron chi connectivity index (χ1n) is 10.9. The van der Waals surface area contributed by atoms with Crippen LogP contribution < -0.4 is 0 Å². The molecule has 0 aromatic carbocycles. The number of rotatable bonds is 18. The van der Waals surface area contributed by atoms with Gasteiger partial charge in [-0.3, -0.25) is 9.59 Å². The fourth-order valence-corrected chi connectivity index (χ4v) is 3.13. The molecule has 4 atom stereocenters. The second kappa shape index (κ2) is 15.9. The molecule has 0 aliphatic rings. The van der Waals surface area contributed by atoms with Crippen molar-refractivity contribution in [3.05, 3.63) is 0 Å². The van der Waals surface area contributed by atoms with Crippen LogP contribution in [0.3, 0.4) is 0 Å². The summed E-state index contributed by atoms with van der Waals surface area (Å²) in [4.78, 5) is 24.9. The predicted molar refractivity (Wildman–Crippen MR) is 111 cm³/mol. The van der Waals surface area contributed by atoms with Gasteiger partial charge in [0.1, 0.15) is 24.4 Å². The van der Waals surface area contributed by atoms with Crippen LogP contribution in [0.15, 0.2) is 0 Å². The van der Waals surface area contributed by atoms with Crippen LogP contribution in [0.25, 0.3) is 0 Å². The van der Waals surface area contributed by atoms with E-state index in [0.29, 0.717) is 37.5 Å². The van der Waals surface area contributed by atoms with Crippen molar-refractivity contribution in [1.29, 1.82) is 0 Å². The third-order valence-corrected chi connectivity index (χ3v) is 4.96. The predicted octanol–water partition coefficient (Wildman–Crippen LogP) is 2.02. The van der Waals surface area contributed by atoms with Gasteiger partial charge >= 0.3 is 0 Å². The summed E-state index contributed by atoms with van der Waals surface area (Å²) >= 11 is 0. The zero-order chi connectivity index (χ0) is 22.4. The van der Waals surface area contributed by atoms with Gasteiger partial charge in [-0.2, -0.15) is 0 Å². The number of aliphatic hydroxyl groups excluding tert-OH is 4. The van der Waals surface area contributed by atoms with Gasteiger partial charge in [-0.1, -0.05) is 66.2 Å². The van der Waals surface area contributed by atoms with E-state index < -0.39 is 49.2 Å². The Kier molecular flexibility index (Phi) is 15.4. The minimum Gasteiger partial charge on any atom is -0.393 e. The first-order chi connectivity index (χ1) is 13.6. The van der Waals surface area contributed by atoms with Crippen LogP contribution in [0.4, 0.5) is 0 Å². The molecule has 0 aliphatic carbocycles. The van der Waals surface area contributed by atoms with Crippen LogP contribution in [0.2, 0.25) is 0 Å². The first-order valence-corrected chi connectivity index (χ1v) is 10.9. The number of aliphatic hydroxyl groups is 4. The van der Waals surface area contributed by atoms with Crippen molar-refractivity contribution in [2.45, 2.75) is 103 Å². The lowest BCUT2D eigenvalue weighted by Crippen LogP contribution is -2.43. The van der Waals surface area contributed by atoms with Gasteiger partial charge < -0.3 is 25.2 Å². The molecular formula is C22H42O7. The summed E-state index contributed by atoms with van der Waals surface area (Å²) in [5, 5.41) is 37.8. The second-order valence-corrected chi connectivity index (χ2v) is 8.67. The number of carbonyl (C=O) groups excluding carboxylic acids is 2. The largest absolute Gasteiger partial charge is 0.393 e. The number of unbranched alkanes of at least 4 members (excludes halogenated alkanes) is 2. The smallest absolute Gasteiger partial charge is 0.192 e. The molecule has 0 saturated carbocycles. The highest BCUT2D eigenvalue weighted by Crippen LogP contribution is 2.19. The average Bonchev–Trinajstić information content (AvgIpc) is 2.69. The SMILES string of the molecule is CC(C)CCCCC(OC(CCCCC(C)C)C(=O)C(O)CO)C(=O)C(O)CO. The van der Waals surface area contributed by atoms with Crippen molar-refractivity contribution in [2.75, 3.05) is 13.2 Å². The number of carbonyl (C=O) groups is 2. The Morgan fingerprint density at radius 1 is 0.655 bits per heavy atom. The van der Waals surface area contributed by atoms with E-state index in [-0.39, 0.29) is 0 Å². The molecular weight excluding hydrogens is 376 g/mol. The first kappa shape index (κ1) is 28.1. The topological polar surface area (TPSA) is 124 Å². The van der Waals surface area contributed by atoms with Crippen molar-refractivity contribution in [1.82, 2.24) is 0 Å². The summed E-state index contributed by atoms with van der Waals surface area (Å²) in [5.74, 6) is -0.253. The molecule has 7 nitrogen and oxygen atoms in total. The molecule has 0 saturated heterocycles. The summed E-state index contributed by atoms with van der Waals surface area (Å²) in [5.41, 5.74) is 0. The number of hydrogen-bond acceptors (Lipinski definition) is 7. The Bertz CT molecular complexity index is 410. The lowest BCUT2D eigenvalue weighted by atomic mass is 9.98. The highest BCUT2D eigenvalue weighted by Gasteiger charge is 2.32. The zero-order valence-corrected chi connectivity index (χ0v) is 18.5. The third kappa shape index (κ3) is 12.4. The van der Waals surface area contributed by atoms with E-state index in [1.165, 1.54) is 0 Å². The fourth-order valence-electron chi connectivity index (χ4n) is 3.13. The van der Waals surface area contributed by atoms with Crippen molar-refractivity contribution in [2.24, 2.45) is 11.8 Å². The van der Waals surface area contributed by atoms with Gasteiger partial charge in [-0.05, 0) is 24.7 Å². The highest BCUT2D eigenvalue weighted by atomic mass is 16.5. The molecule has 0 aromatic rings. The second-order valence-electron chi connectivity index (χ2n) is 8.67. The maximum atomic E-state index is 12.5. The third-order valence-electron chi connectivity index (χ3n) is 4.96. The molecule has 0 fully saturated rings. The van der Waals surface area contributed by atoms with Gasteiger partial charge in [-0.25, -0.2) is 0 Å². The Labute approximate surface area is 175 Å². The number of Topliss-reactive ketones (excluding diaryl/α,β-unsaturated/α-hetero) is 2. The van der Waals surface area contributed by atoms with E-state index in [1.54, 1.807) is 0 Å². The Morgan fingerprint density at radius 3 is 1.24 bits per heavy atom. The van der Waals surface area contributed by atoms with E-state index in [1.807, 2.05) is 0 Å². The molecule has 7 heteroatoms. The summed E-state index contributed by atoms with van der Waals surface area (Å²) < 4.78 is 5.79. The van der Waals surface area contributed by atoms with E-state index in [4.69, 9.17) is 14.9 Å². The quantitative estimate of drug-likeness (QED) is 0.251.